The lowest BCUT2D eigenvalue weighted by Gasteiger charge is -2.33. The van der Waals surface area contributed by atoms with Gasteiger partial charge in [-0.1, -0.05) is 0 Å². The number of hydrogen-bond donors (Lipinski definition) is 3. The lowest BCUT2D eigenvalue weighted by atomic mass is 10.3. The summed E-state index contributed by atoms with van der Waals surface area (Å²) in [6.07, 6.45) is -14.0. The summed E-state index contributed by atoms with van der Waals surface area (Å²) in [6.45, 7) is 0. The molecule has 0 radical (unpaired) electrons. The van der Waals surface area contributed by atoms with Gasteiger partial charge in [-0.05, 0) is 0 Å². The molecule has 0 atom stereocenters. The molecule has 0 saturated carbocycles. The lowest BCUT2D eigenvalue weighted by Crippen LogP contribution is -2.72. The Morgan fingerprint density at radius 3 is 0.800 bits per heavy atom. The zero-order valence-electron chi connectivity index (χ0n) is 12.6. The quantitative estimate of drug-likeness (QED) is 0.176. The summed E-state index contributed by atoms with van der Waals surface area (Å²) in [5.41, 5.74) is -5.65. The molecule has 30 heavy (non-hydrogen) atoms. The van der Waals surface area contributed by atoms with Crippen LogP contribution in [-0.4, -0.2) is 78.5 Å². The summed E-state index contributed by atoms with van der Waals surface area (Å²) in [4.78, 5) is 0. The van der Waals surface area contributed by atoms with E-state index in [-0.39, 0.29) is 0 Å². The van der Waals surface area contributed by atoms with Gasteiger partial charge in [0.25, 0.3) is 0 Å². The van der Waals surface area contributed by atoms with Gasteiger partial charge in [0.1, 0.15) is 0 Å². The molecule has 3 N–H and O–H groups in total. The van der Waals surface area contributed by atoms with Gasteiger partial charge in [-0.2, -0.15) is 39.5 Å². The summed E-state index contributed by atoms with van der Waals surface area (Å²) in [5, 5.41) is 0. The van der Waals surface area contributed by atoms with Gasteiger partial charge < -0.3 is 4.55 Å². The molecule has 0 fully saturated rings. The summed E-state index contributed by atoms with van der Waals surface area (Å²) >= 11 is 0. The first kappa shape index (κ1) is 31.2. The number of hydrogen-bond acceptors (Lipinski definition) is 9. The molecule has 0 heterocycles. The molecule has 0 aromatic heterocycles. The number of alkyl halides is 9. The molecule has 13 nitrogen and oxygen atoms in total. The predicted octanol–water partition coefficient (Wildman–Crippen LogP) is -0.244. The Balaban J connectivity index is 0. The molecule has 0 spiro atoms. The molecule has 0 aromatic carbocycles. The van der Waals surface area contributed by atoms with Crippen molar-refractivity contribution in [2.24, 2.45) is 0 Å². The first-order chi connectivity index (χ1) is 12.4. The minimum absolute atomic E-state index is 5.57. The Morgan fingerprint density at radius 1 is 0.600 bits per heavy atom. The molecule has 26 heteroatoms. The lowest BCUT2D eigenvalue weighted by molar-refractivity contribution is -0.648. The molecule has 184 valence electrons. The molecule has 0 aromatic rings. The van der Waals surface area contributed by atoms with Crippen LogP contribution >= 0.6 is 0 Å². The van der Waals surface area contributed by atoms with E-state index in [9.17, 15) is 64.8 Å². The third-order valence-electron chi connectivity index (χ3n) is 2.18. The molecule has 0 rings (SSSR count). The van der Waals surface area contributed by atoms with Crippen LogP contribution < -0.4 is 0 Å². The Bertz CT molecular complexity index is 953. The van der Waals surface area contributed by atoms with Crippen LogP contribution in [0.4, 0.5) is 39.5 Å². The third-order valence-corrected chi connectivity index (χ3v) is 8.70. The Morgan fingerprint density at radius 2 is 0.767 bits per heavy atom. The van der Waals surface area contributed by atoms with E-state index in [1.807, 2.05) is 0 Å². The fourth-order valence-corrected chi connectivity index (χ4v) is 5.67. The molecule has 0 aliphatic heterocycles. The van der Waals surface area contributed by atoms with Crippen molar-refractivity contribution >= 4 is 41.0 Å². The first-order valence-corrected chi connectivity index (χ1v) is 10.9. The normalized spacial score (nSPS) is 15.5. The van der Waals surface area contributed by atoms with Gasteiger partial charge in [0, 0.05) is 0 Å². The summed E-state index contributed by atoms with van der Waals surface area (Å²) in [5.74, 6) is 0. The van der Waals surface area contributed by atoms with Gasteiger partial charge >= 0.3 is 54.8 Å². The monoisotopic (exact) mass is 557 g/mol. The largest absolute Gasteiger partial charge is 0.741 e. The van der Waals surface area contributed by atoms with Crippen molar-refractivity contribution in [3.8, 4) is 0 Å². The van der Waals surface area contributed by atoms with Crippen molar-refractivity contribution in [2.75, 3.05) is 0 Å². The standard InChI is InChI=1S/C3H3F6NO9S3.CHF3O3S/c4-2(5,6)1(3(7,8)9)10(20(11,12)13,21(14,15)16)22(17,18)19;2-1(3,4)8(5,6)7/h1H,(H2-,11,12,13,14,15,16,17,18,19);(H,5,6,7). The maximum Gasteiger partial charge on any atom is 0.485 e. The van der Waals surface area contributed by atoms with Crippen molar-refractivity contribution in [1.29, 1.82) is 0 Å². The molecule has 0 bridgehead atoms. The molecular formula is C4H4F9NO12S4. The van der Waals surface area contributed by atoms with E-state index < -0.39 is 67.6 Å². The van der Waals surface area contributed by atoms with Crippen LogP contribution in [0, 0.1) is 0 Å². The van der Waals surface area contributed by atoms with E-state index in [0.29, 0.717) is 0 Å². The highest BCUT2D eigenvalue weighted by Crippen LogP contribution is 2.46. The van der Waals surface area contributed by atoms with Crippen LogP contribution in [0.1, 0.15) is 0 Å². The van der Waals surface area contributed by atoms with Crippen molar-refractivity contribution in [1.82, 2.24) is 0 Å². The topological polar surface area (TPSA) is 220 Å². The van der Waals surface area contributed by atoms with Crippen LogP contribution in [0.25, 0.3) is 0 Å². The van der Waals surface area contributed by atoms with E-state index in [0.717, 1.165) is 0 Å². The van der Waals surface area contributed by atoms with Crippen molar-refractivity contribution < 1.29 is 94.1 Å². The highest BCUT2D eigenvalue weighted by atomic mass is 32.4. The van der Waals surface area contributed by atoms with Gasteiger partial charge in [0.05, 0.1) is 2.70 Å². The SMILES string of the molecule is O=S(=O)(O)[N+](C(C(F)(F)F)C(F)(F)F)(S(=O)(=O)O)S(=O)(=O)O.O=S(=O)([O-])C(F)(F)F. The van der Waals surface area contributed by atoms with Crippen LogP contribution in [0.3, 0.4) is 0 Å². The maximum atomic E-state index is 12.4. The van der Waals surface area contributed by atoms with Crippen LogP contribution in [0.2, 0.25) is 0 Å². The number of rotatable bonds is 4. The minimum atomic E-state index is -7.49. The Labute approximate surface area is 159 Å². The number of nitrogens with zero attached hydrogens (tertiary/aromatic N) is 1. The van der Waals surface area contributed by atoms with Crippen molar-refractivity contribution in [3.05, 3.63) is 0 Å². The van der Waals surface area contributed by atoms with E-state index in [1.54, 1.807) is 0 Å². The average Bonchev–Trinajstić information content (AvgIpc) is 2.25. The summed E-state index contributed by atoms with van der Waals surface area (Å²) in [6, 6.07) is -5.97. The van der Waals surface area contributed by atoms with Crippen LogP contribution in [0.5, 0.6) is 0 Å². The van der Waals surface area contributed by atoms with E-state index in [1.165, 1.54) is 0 Å². The molecule has 0 aliphatic carbocycles. The van der Waals surface area contributed by atoms with E-state index in [2.05, 4.69) is 0 Å². The smallest absolute Gasteiger partial charge is 0.485 e. The van der Waals surface area contributed by atoms with Crippen molar-refractivity contribution in [2.45, 2.75) is 23.9 Å². The Hall–Kier alpha value is -1.03. The highest BCUT2D eigenvalue weighted by molar-refractivity contribution is 8.04. The van der Waals surface area contributed by atoms with E-state index >= 15 is 0 Å². The van der Waals surface area contributed by atoms with Crippen molar-refractivity contribution in [3.63, 3.8) is 0 Å². The van der Waals surface area contributed by atoms with Gasteiger partial charge in [-0.15, -0.1) is 25.3 Å². The molecular weight excluding hydrogens is 553 g/mol. The zero-order chi connectivity index (χ0) is 25.6. The van der Waals surface area contributed by atoms with Crippen LogP contribution in [-0.2, 0) is 41.0 Å². The maximum absolute atomic E-state index is 12.4. The second-order valence-electron chi connectivity index (χ2n) is 4.27. The number of halogens is 9. The fraction of sp³-hybridized carbons (Fsp3) is 1.00. The highest BCUT2D eigenvalue weighted by Gasteiger charge is 2.83. The van der Waals surface area contributed by atoms with Gasteiger partial charge in [-0.25, -0.2) is 22.1 Å². The predicted molar refractivity (Wildman–Crippen MR) is 66.6 cm³/mol. The summed E-state index contributed by atoms with van der Waals surface area (Å²) in [7, 11) is -28.5. The molecule has 0 unspecified atom stereocenters. The minimum Gasteiger partial charge on any atom is -0.741 e. The van der Waals surface area contributed by atoms with Gasteiger partial charge in [0.2, 0.25) is 0 Å². The zero-order valence-corrected chi connectivity index (χ0v) is 15.8. The van der Waals surface area contributed by atoms with E-state index in [4.69, 9.17) is 26.6 Å². The van der Waals surface area contributed by atoms with Gasteiger partial charge in [-0.3, -0.25) is 0 Å². The van der Waals surface area contributed by atoms with Gasteiger partial charge in [0.15, 0.2) is 10.1 Å². The first-order valence-electron chi connectivity index (χ1n) is 5.34. The Kier molecular flexibility index (Phi) is 8.46. The van der Waals surface area contributed by atoms with Crippen LogP contribution in [0.15, 0.2) is 0 Å². The second kappa shape index (κ2) is 8.15. The third kappa shape index (κ3) is 6.48. The number of quaternary nitrogens is 1. The molecule has 0 amide bonds. The summed E-state index contributed by atoms with van der Waals surface area (Å²) < 4.78 is 217. The average molecular weight is 557 g/mol. The molecule has 0 aliphatic rings. The molecule has 0 saturated heterocycles. The fourth-order valence-electron chi connectivity index (χ4n) is 1.30. The second-order valence-corrected chi connectivity index (χ2v) is 10.7.